The summed E-state index contributed by atoms with van der Waals surface area (Å²) in [6, 6.07) is 16.7. The number of benzene rings is 2. The van der Waals surface area contributed by atoms with Gasteiger partial charge >= 0.3 is 29.8 Å². The van der Waals surface area contributed by atoms with Gasteiger partial charge in [0.2, 0.25) is 18.3 Å². The number of ether oxygens (including phenoxy) is 8. The predicted octanol–water partition coefficient (Wildman–Crippen LogP) is 4.10. The van der Waals surface area contributed by atoms with Gasteiger partial charge in [0.25, 0.3) is 0 Å². The molecule has 0 unspecified atom stereocenters. The zero-order valence-corrected chi connectivity index (χ0v) is 30.0. The maximum absolute atomic E-state index is 12.3. The van der Waals surface area contributed by atoms with Gasteiger partial charge in [-0.05, 0) is 29.2 Å². The molecule has 2 heterocycles. The van der Waals surface area contributed by atoms with Gasteiger partial charge in [0, 0.05) is 45.4 Å². The molecule has 1 N–H and O–H groups in total. The van der Waals surface area contributed by atoms with Crippen LogP contribution >= 0.6 is 0 Å². The molecule has 1 saturated heterocycles. The first-order chi connectivity index (χ1) is 24.8. The third-order valence-electron chi connectivity index (χ3n) is 7.74. The number of nitrogens with one attached hydrogen (secondary N) is 1. The van der Waals surface area contributed by atoms with E-state index in [1.54, 1.807) is 12.1 Å². The van der Waals surface area contributed by atoms with Crippen LogP contribution in [-0.2, 0) is 65.4 Å². The van der Waals surface area contributed by atoms with E-state index in [1.807, 2.05) is 56.3 Å². The smallest absolute Gasteiger partial charge is 0.309 e. The molecule has 0 spiro atoms. The average Bonchev–Trinajstić information content (AvgIpc) is 3.48. The Morgan fingerprint density at radius 2 is 1.40 bits per heavy atom. The summed E-state index contributed by atoms with van der Waals surface area (Å²) < 4.78 is 45.1. The van der Waals surface area contributed by atoms with Gasteiger partial charge in [-0.1, -0.05) is 56.3 Å². The number of carbonyl (C=O) groups is 5. The second-order valence-corrected chi connectivity index (χ2v) is 12.3. The van der Waals surface area contributed by atoms with Crippen LogP contribution in [0.2, 0.25) is 0 Å². The van der Waals surface area contributed by atoms with Gasteiger partial charge < -0.3 is 37.9 Å². The van der Waals surface area contributed by atoms with Gasteiger partial charge in [-0.15, -0.1) is 5.10 Å². The summed E-state index contributed by atoms with van der Waals surface area (Å²) in [5, 5.41) is 7.40. The van der Waals surface area contributed by atoms with Crippen molar-refractivity contribution in [2.24, 2.45) is 0 Å². The standard InChI is InChI=1S/C37H44N2O13/c1-21(2)32-29(18-26-12-14-28(15-13-26)45-17-16-31(44)47-19-27-10-8-7-9-11-27)36(39-38-32)52-37-35(50-25(6)43)34(49-24(5)42)33(48-23(4)41)30(51-37)20-46-22(3)40/h7-15,21,30,33-35,37H,16-20H2,1-6H3,(H,38,39)/t30-,33-,34+,35-,37+/m1/s1. The molecule has 280 valence electrons. The zero-order valence-electron chi connectivity index (χ0n) is 30.0. The van der Waals surface area contributed by atoms with Crippen LogP contribution < -0.4 is 9.47 Å². The number of carbonyl (C=O) groups excluding carboxylic acids is 5. The number of aromatic nitrogens is 2. The largest absolute Gasteiger partial charge is 0.493 e. The number of aromatic amines is 1. The van der Waals surface area contributed by atoms with E-state index in [2.05, 4.69) is 10.2 Å². The monoisotopic (exact) mass is 724 g/mol. The zero-order chi connectivity index (χ0) is 37.8. The van der Waals surface area contributed by atoms with Gasteiger partial charge in [0.15, 0.2) is 12.2 Å². The van der Waals surface area contributed by atoms with Crippen molar-refractivity contribution in [1.82, 2.24) is 10.2 Å². The Hall–Kier alpha value is -5.44. The topological polar surface area (TPSA) is 188 Å². The van der Waals surface area contributed by atoms with Crippen molar-refractivity contribution in [3.8, 4) is 11.6 Å². The van der Waals surface area contributed by atoms with Crippen LogP contribution in [0.4, 0.5) is 0 Å². The molecule has 0 aliphatic carbocycles. The number of nitrogens with zero attached hydrogens (tertiary/aromatic N) is 1. The summed E-state index contributed by atoms with van der Waals surface area (Å²) in [4.78, 5) is 60.4. The maximum Gasteiger partial charge on any atom is 0.309 e. The van der Waals surface area contributed by atoms with Crippen molar-refractivity contribution in [3.63, 3.8) is 0 Å². The van der Waals surface area contributed by atoms with E-state index in [0.29, 0.717) is 17.7 Å². The molecule has 15 heteroatoms. The summed E-state index contributed by atoms with van der Waals surface area (Å²) in [6.07, 6.45) is -6.33. The molecular formula is C37H44N2O13. The highest BCUT2D eigenvalue weighted by molar-refractivity contribution is 5.70. The van der Waals surface area contributed by atoms with Crippen molar-refractivity contribution in [2.45, 2.75) is 97.6 Å². The highest BCUT2D eigenvalue weighted by Gasteiger charge is 2.53. The van der Waals surface area contributed by atoms with Crippen molar-refractivity contribution >= 4 is 29.8 Å². The second kappa shape index (κ2) is 18.7. The fraction of sp³-hybridized carbons (Fsp3) is 0.459. The molecule has 15 nitrogen and oxygen atoms in total. The number of hydrogen-bond donors (Lipinski definition) is 1. The molecule has 0 radical (unpaired) electrons. The molecule has 0 saturated carbocycles. The van der Waals surface area contributed by atoms with Crippen LogP contribution in [-0.4, -0.2) is 84.0 Å². The van der Waals surface area contributed by atoms with Gasteiger partial charge in [-0.3, -0.25) is 29.1 Å². The van der Waals surface area contributed by atoms with Crippen molar-refractivity contribution in [2.75, 3.05) is 13.2 Å². The molecule has 1 aromatic heterocycles. The average molecular weight is 725 g/mol. The lowest BCUT2D eigenvalue weighted by molar-refractivity contribution is -0.289. The number of rotatable bonds is 16. The van der Waals surface area contributed by atoms with Crippen LogP contribution in [0.3, 0.4) is 0 Å². The Balaban J connectivity index is 1.51. The van der Waals surface area contributed by atoms with E-state index in [4.69, 9.17) is 37.9 Å². The lowest BCUT2D eigenvalue weighted by Crippen LogP contribution is -2.63. The minimum Gasteiger partial charge on any atom is -0.493 e. The summed E-state index contributed by atoms with van der Waals surface area (Å²) in [5.74, 6) is -2.61. The fourth-order valence-corrected chi connectivity index (χ4v) is 5.47. The molecule has 1 aliphatic heterocycles. The van der Waals surface area contributed by atoms with Crippen LogP contribution in [0.15, 0.2) is 54.6 Å². The minimum absolute atomic E-state index is 0.0144. The molecule has 5 atom stereocenters. The summed E-state index contributed by atoms with van der Waals surface area (Å²) in [5.41, 5.74) is 3.19. The van der Waals surface area contributed by atoms with E-state index >= 15 is 0 Å². The summed E-state index contributed by atoms with van der Waals surface area (Å²) in [7, 11) is 0. The van der Waals surface area contributed by atoms with Crippen molar-refractivity contribution < 1.29 is 61.9 Å². The van der Waals surface area contributed by atoms with E-state index < -0.39 is 61.2 Å². The van der Waals surface area contributed by atoms with Crippen LogP contribution in [0.5, 0.6) is 11.6 Å². The maximum atomic E-state index is 12.3. The Labute approximate surface area is 301 Å². The third-order valence-corrected chi connectivity index (χ3v) is 7.74. The summed E-state index contributed by atoms with van der Waals surface area (Å²) >= 11 is 0. The lowest BCUT2D eigenvalue weighted by atomic mass is 9.97. The molecule has 1 aliphatic rings. The highest BCUT2D eigenvalue weighted by Crippen LogP contribution is 2.34. The third kappa shape index (κ3) is 11.5. The Bertz CT molecular complexity index is 1670. The molecule has 1 fully saturated rings. The Kier molecular flexibility index (Phi) is 14.1. The Morgan fingerprint density at radius 1 is 0.769 bits per heavy atom. The molecular weight excluding hydrogens is 680 g/mol. The Morgan fingerprint density at radius 3 is 2.02 bits per heavy atom. The number of H-pyrrole nitrogens is 1. The van der Waals surface area contributed by atoms with E-state index in [9.17, 15) is 24.0 Å². The van der Waals surface area contributed by atoms with Gasteiger partial charge in [0.1, 0.15) is 25.1 Å². The molecule has 3 aromatic rings. The first kappa shape index (κ1) is 39.3. The number of hydrogen-bond acceptors (Lipinski definition) is 14. The van der Waals surface area contributed by atoms with Gasteiger partial charge in [-0.2, -0.15) is 0 Å². The predicted molar refractivity (Wildman–Crippen MR) is 181 cm³/mol. The van der Waals surface area contributed by atoms with Crippen LogP contribution in [0.25, 0.3) is 0 Å². The normalized spacial score (nSPS) is 19.6. The van der Waals surface area contributed by atoms with Gasteiger partial charge in [-0.25, -0.2) is 0 Å². The van der Waals surface area contributed by atoms with E-state index in [1.165, 1.54) is 6.92 Å². The quantitative estimate of drug-likeness (QED) is 0.164. The van der Waals surface area contributed by atoms with Crippen molar-refractivity contribution in [3.05, 3.63) is 77.0 Å². The van der Waals surface area contributed by atoms with Gasteiger partial charge in [0.05, 0.1) is 13.0 Å². The molecule has 52 heavy (non-hydrogen) atoms. The SMILES string of the molecule is CC(=O)OC[C@H]1O[C@@H](Oc2n[nH]c(C(C)C)c2Cc2ccc(OCCC(=O)OCc3ccccc3)cc2)[C@H](OC(C)=O)[C@@H](OC(C)=O)[C@@H]1OC(C)=O. The molecule has 2 aromatic carbocycles. The fourth-order valence-electron chi connectivity index (χ4n) is 5.47. The molecule has 0 bridgehead atoms. The number of esters is 5. The first-order valence-electron chi connectivity index (χ1n) is 16.8. The van der Waals surface area contributed by atoms with E-state index in [-0.39, 0.29) is 37.4 Å². The minimum atomic E-state index is -1.45. The van der Waals surface area contributed by atoms with E-state index in [0.717, 1.165) is 37.6 Å². The molecule has 0 amide bonds. The van der Waals surface area contributed by atoms with Crippen LogP contribution in [0.1, 0.15) is 76.3 Å². The van der Waals surface area contributed by atoms with Crippen LogP contribution in [0, 0.1) is 0 Å². The van der Waals surface area contributed by atoms with Crippen molar-refractivity contribution in [1.29, 1.82) is 0 Å². The molecule has 4 rings (SSSR count). The first-order valence-corrected chi connectivity index (χ1v) is 16.8. The summed E-state index contributed by atoms with van der Waals surface area (Å²) in [6.45, 7) is 8.49. The lowest BCUT2D eigenvalue weighted by Gasteiger charge is -2.43. The highest BCUT2D eigenvalue weighted by atomic mass is 16.7. The second-order valence-electron chi connectivity index (χ2n) is 12.3.